The van der Waals surface area contributed by atoms with E-state index in [9.17, 15) is 9.50 Å². The molecule has 2 aromatic carbocycles. The van der Waals surface area contributed by atoms with E-state index >= 15 is 4.39 Å². The van der Waals surface area contributed by atoms with Crippen LogP contribution in [0.5, 0.6) is 11.8 Å². The molecule has 3 aromatic rings. The minimum Gasteiger partial charge on any atom is -0.508 e. The number of methoxy groups -OCH3 is 1. The Bertz CT molecular complexity index is 1520. The second-order valence-electron chi connectivity index (χ2n) is 11.8. The molecule has 0 fully saturated rings. The minimum absolute atomic E-state index is 0.0363. The Morgan fingerprint density at radius 1 is 1.04 bits per heavy atom. The molecular formula is C39H60F2N4O2. The zero-order valence-electron chi connectivity index (χ0n) is 30.7. The number of aromatic nitrogens is 2. The second-order valence-corrected chi connectivity index (χ2v) is 11.8. The van der Waals surface area contributed by atoms with Crippen LogP contribution in [0.25, 0.3) is 27.7 Å². The van der Waals surface area contributed by atoms with Gasteiger partial charge in [0.25, 0.3) is 0 Å². The molecule has 47 heavy (non-hydrogen) atoms. The van der Waals surface area contributed by atoms with E-state index in [2.05, 4.69) is 68.3 Å². The summed E-state index contributed by atoms with van der Waals surface area (Å²) >= 11 is 0. The molecule has 0 radical (unpaired) electrons. The first-order valence-electron chi connectivity index (χ1n) is 17.4. The largest absolute Gasteiger partial charge is 0.508 e. The van der Waals surface area contributed by atoms with Crippen LogP contribution >= 0.6 is 0 Å². The van der Waals surface area contributed by atoms with Gasteiger partial charge in [0.1, 0.15) is 22.7 Å². The number of benzene rings is 2. The number of allylic oxidation sites excluding steroid dienone is 1. The zero-order valence-corrected chi connectivity index (χ0v) is 30.7. The number of halogens is 2. The first kappa shape index (κ1) is 41.5. The number of unbranched alkanes of at least 4 members (excludes halogenated alkanes) is 3. The first-order chi connectivity index (χ1) is 22.5. The molecule has 1 aromatic heterocycles. The summed E-state index contributed by atoms with van der Waals surface area (Å²) in [5.41, 5.74) is 1.04. The van der Waals surface area contributed by atoms with Crippen LogP contribution in [0.3, 0.4) is 0 Å². The molecule has 2 N–H and O–H groups in total. The highest BCUT2D eigenvalue weighted by Gasteiger charge is 2.28. The van der Waals surface area contributed by atoms with Crippen molar-refractivity contribution in [1.29, 1.82) is 0 Å². The molecule has 1 aliphatic heterocycles. The Labute approximate surface area is 282 Å². The van der Waals surface area contributed by atoms with Gasteiger partial charge >= 0.3 is 6.01 Å². The summed E-state index contributed by atoms with van der Waals surface area (Å²) in [5, 5.41) is 14.7. The average molecular weight is 655 g/mol. The molecule has 4 rings (SSSR count). The number of phenols is 1. The smallest absolute Gasteiger partial charge is 0.318 e. The maximum atomic E-state index is 16.2. The van der Waals surface area contributed by atoms with Crippen LogP contribution in [0, 0.1) is 5.82 Å². The number of nitrogens with zero attached hydrogens (tertiary/aromatic N) is 3. The van der Waals surface area contributed by atoms with Crippen LogP contribution in [0.4, 0.5) is 14.6 Å². The van der Waals surface area contributed by atoms with Gasteiger partial charge in [-0.25, -0.2) is 8.78 Å². The van der Waals surface area contributed by atoms with Crippen LogP contribution in [-0.2, 0) is 0 Å². The van der Waals surface area contributed by atoms with Crippen molar-refractivity contribution in [3.63, 3.8) is 0 Å². The summed E-state index contributed by atoms with van der Waals surface area (Å²) in [7, 11) is 3.35. The Kier molecular flexibility index (Phi) is 19.5. The van der Waals surface area contributed by atoms with Gasteiger partial charge in [-0.15, -0.1) is 0 Å². The fraction of sp³-hybridized carbons (Fsp3) is 0.538. The molecule has 2 heterocycles. The highest BCUT2D eigenvalue weighted by molar-refractivity contribution is 6.04. The summed E-state index contributed by atoms with van der Waals surface area (Å²) in [4.78, 5) is 11.1. The molecule has 8 heteroatoms. The third kappa shape index (κ3) is 11.6. The average Bonchev–Trinajstić information content (AvgIpc) is 3.06. The van der Waals surface area contributed by atoms with Gasteiger partial charge in [0.2, 0.25) is 0 Å². The monoisotopic (exact) mass is 654 g/mol. The highest BCUT2D eigenvalue weighted by Crippen LogP contribution is 2.34. The summed E-state index contributed by atoms with van der Waals surface area (Å²) < 4.78 is 36.4. The molecule has 0 saturated heterocycles. The summed E-state index contributed by atoms with van der Waals surface area (Å²) in [6.45, 7) is 22.5. The van der Waals surface area contributed by atoms with Gasteiger partial charge < -0.3 is 20.1 Å². The third-order valence-electron chi connectivity index (χ3n) is 7.72. The quantitative estimate of drug-likeness (QED) is 0.227. The number of ether oxygens (including phenoxy) is 1. The number of rotatable bonds is 10. The zero-order chi connectivity index (χ0) is 35.5. The lowest BCUT2D eigenvalue weighted by Crippen LogP contribution is -2.49. The van der Waals surface area contributed by atoms with Gasteiger partial charge in [-0.05, 0) is 69.4 Å². The Morgan fingerprint density at radius 3 is 2.19 bits per heavy atom. The van der Waals surface area contributed by atoms with Crippen molar-refractivity contribution in [2.75, 3.05) is 32.1 Å². The fourth-order valence-electron chi connectivity index (χ4n) is 5.21. The molecule has 1 unspecified atom stereocenters. The molecule has 0 amide bonds. The third-order valence-corrected chi connectivity index (χ3v) is 7.72. The molecule has 6 nitrogen and oxygen atoms in total. The van der Waals surface area contributed by atoms with Gasteiger partial charge in [0, 0.05) is 28.8 Å². The number of anilines is 1. The van der Waals surface area contributed by atoms with Crippen LogP contribution in [0.15, 0.2) is 36.9 Å². The van der Waals surface area contributed by atoms with Crippen LogP contribution < -0.4 is 25.5 Å². The molecule has 0 aliphatic carbocycles. The van der Waals surface area contributed by atoms with Crippen molar-refractivity contribution in [2.24, 2.45) is 0 Å². The van der Waals surface area contributed by atoms with E-state index in [0.29, 0.717) is 23.0 Å². The van der Waals surface area contributed by atoms with E-state index in [0.717, 1.165) is 25.0 Å². The number of aromatic hydroxyl groups is 1. The normalized spacial score (nSPS) is 14.1. The lowest BCUT2D eigenvalue weighted by molar-refractivity contribution is 0.376. The van der Waals surface area contributed by atoms with E-state index in [1.165, 1.54) is 69.9 Å². The Balaban J connectivity index is 0.000000794. The number of phenolic OH excluding ortho intramolecular Hbond substituents is 1. The molecule has 1 aliphatic rings. The van der Waals surface area contributed by atoms with Crippen molar-refractivity contribution in [3.05, 3.63) is 58.9 Å². The molecule has 0 spiro atoms. The lowest BCUT2D eigenvalue weighted by Gasteiger charge is -2.36. The van der Waals surface area contributed by atoms with E-state index < -0.39 is 11.6 Å². The number of hydrogen-bond donors (Lipinski definition) is 2. The molecular weight excluding hydrogens is 594 g/mol. The highest BCUT2D eigenvalue weighted by atomic mass is 19.1. The first-order valence-corrected chi connectivity index (χ1v) is 17.4. The predicted octanol–water partition coefficient (Wildman–Crippen LogP) is 9.07. The predicted molar refractivity (Wildman–Crippen MR) is 198 cm³/mol. The second kappa shape index (κ2) is 22.1. The van der Waals surface area contributed by atoms with Gasteiger partial charge in [-0.3, -0.25) is 0 Å². The maximum absolute atomic E-state index is 16.2. The van der Waals surface area contributed by atoms with E-state index in [1.807, 2.05) is 20.9 Å². The van der Waals surface area contributed by atoms with Crippen LogP contribution in [-0.4, -0.2) is 48.4 Å². The van der Waals surface area contributed by atoms with Crippen molar-refractivity contribution in [1.82, 2.24) is 15.3 Å². The Morgan fingerprint density at radius 2 is 1.68 bits per heavy atom. The van der Waals surface area contributed by atoms with Crippen molar-refractivity contribution < 1.29 is 18.6 Å². The summed E-state index contributed by atoms with van der Waals surface area (Å²) in [5.74, 6) is -0.752. The SMILES string of the molecule is C=C(/C(F)=c1/nc(OC)nc2c1=C(C)CC(CCNC)N2CC)c1cc(O)cc2cccc(F)c12.CCC.CCCC.CCCCC. The molecule has 0 saturated carbocycles. The van der Waals surface area contributed by atoms with Crippen LogP contribution in [0.1, 0.15) is 112 Å². The van der Waals surface area contributed by atoms with Crippen LogP contribution in [0.2, 0.25) is 0 Å². The minimum atomic E-state index is -0.721. The number of hydrogen-bond acceptors (Lipinski definition) is 6. The standard InChI is InChI=1S/C27H30F2N4O2.C5H12.C4H10.C3H8/c1-6-33-18(10-11-30-4)12-15(2)22-25(31-27(35-5)32-26(22)33)24(29)16(3)20-14-19(34)13-17-8-7-9-21(28)23(17)20;1-3-5-4-2;1-3-4-2;1-3-2/h7-9,13-14,18,30,34H,3,6,10-12H2,1-2,4-5H3;3-5H2,1-2H3;3-4H2,1-2H3;3H2,1-2H3/b25-24-;;;. The molecule has 0 bridgehead atoms. The Hall–Kier alpha value is -3.52. The summed E-state index contributed by atoms with van der Waals surface area (Å²) in [6, 6.07) is 7.48. The van der Waals surface area contributed by atoms with E-state index in [1.54, 1.807) is 6.07 Å². The van der Waals surface area contributed by atoms with Gasteiger partial charge in [-0.1, -0.05) is 104 Å². The van der Waals surface area contributed by atoms with Crippen molar-refractivity contribution in [2.45, 2.75) is 113 Å². The fourth-order valence-corrected chi connectivity index (χ4v) is 5.21. The van der Waals surface area contributed by atoms with E-state index in [-0.39, 0.29) is 39.7 Å². The van der Waals surface area contributed by atoms with Gasteiger partial charge in [-0.2, -0.15) is 9.97 Å². The molecule has 1 atom stereocenters. The van der Waals surface area contributed by atoms with E-state index in [4.69, 9.17) is 4.74 Å². The van der Waals surface area contributed by atoms with Crippen molar-refractivity contribution >= 4 is 33.6 Å². The van der Waals surface area contributed by atoms with Crippen molar-refractivity contribution in [3.8, 4) is 11.8 Å². The molecule has 262 valence electrons. The summed E-state index contributed by atoms with van der Waals surface area (Å²) in [6.07, 6.45) is 9.60. The topological polar surface area (TPSA) is 70.5 Å². The maximum Gasteiger partial charge on any atom is 0.318 e. The van der Waals surface area contributed by atoms with Gasteiger partial charge in [0.15, 0.2) is 5.83 Å². The number of nitrogens with one attached hydrogen (secondary N) is 1. The number of fused-ring (bicyclic) bond motifs is 2. The lowest BCUT2D eigenvalue weighted by atomic mass is 9.94. The van der Waals surface area contributed by atoms with Gasteiger partial charge in [0.05, 0.1) is 7.11 Å².